The van der Waals surface area contributed by atoms with Crippen LogP contribution < -0.4 is 15.0 Å². The van der Waals surface area contributed by atoms with Gasteiger partial charge in [-0.05, 0) is 19.1 Å². The molecular formula is C21H25N7O2. The summed E-state index contributed by atoms with van der Waals surface area (Å²) >= 11 is 0. The second kappa shape index (κ2) is 7.47. The number of aryl methyl sites for hydroxylation is 1. The molecule has 30 heavy (non-hydrogen) atoms. The molecule has 2 aromatic heterocycles. The summed E-state index contributed by atoms with van der Waals surface area (Å²) < 4.78 is 7.52. The Morgan fingerprint density at radius 3 is 2.67 bits per heavy atom. The minimum absolute atomic E-state index is 0.0720. The van der Waals surface area contributed by atoms with Crippen LogP contribution in [0.15, 0.2) is 36.9 Å². The monoisotopic (exact) mass is 407 g/mol. The molecule has 2 amide bonds. The first-order valence-electron chi connectivity index (χ1n) is 10.3. The van der Waals surface area contributed by atoms with Crippen LogP contribution in [0.25, 0.3) is 11.2 Å². The van der Waals surface area contributed by atoms with Gasteiger partial charge in [0.15, 0.2) is 17.0 Å². The molecule has 2 atom stereocenters. The molecule has 2 unspecified atom stereocenters. The molecule has 2 fully saturated rings. The third-order valence-electron chi connectivity index (χ3n) is 5.98. The Bertz CT molecular complexity index is 1070. The largest absolute Gasteiger partial charge is 0.492 e. The molecule has 2 saturated heterocycles. The number of fused-ring (bicyclic) bond motifs is 2. The van der Waals surface area contributed by atoms with E-state index in [4.69, 9.17) is 4.74 Å². The predicted molar refractivity (Wildman–Crippen MR) is 114 cm³/mol. The number of benzene rings is 1. The third kappa shape index (κ3) is 3.20. The van der Waals surface area contributed by atoms with Gasteiger partial charge in [-0.1, -0.05) is 12.1 Å². The highest BCUT2D eigenvalue weighted by molar-refractivity contribution is 5.91. The van der Waals surface area contributed by atoms with E-state index in [0.717, 1.165) is 43.2 Å². The lowest BCUT2D eigenvalue weighted by atomic mass is 10.0. The van der Waals surface area contributed by atoms with Crippen LogP contribution in [-0.4, -0.2) is 63.2 Å². The number of urea groups is 1. The van der Waals surface area contributed by atoms with E-state index in [2.05, 4.69) is 25.2 Å². The van der Waals surface area contributed by atoms with Crippen LogP contribution in [0.1, 0.15) is 6.92 Å². The molecule has 9 nitrogen and oxygen atoms in total. The number of amides is 2. The molecule has 0 bridgehead atoms. The molecule has 0 spiro atoms. The van der Waals surface area contributed by atoms with Crippen LogP contribution in [0, 0.1) is 11.8 Å². The second-order valence-electron chi connectivity index (χ2n) is 7.91. The number of imidazole rings is 1. The van der Waals surface area contributed by atoms with Crippen LogP contribution in [-0.2, 0) is 7.05 Å². The van der Waals surface area contributed by atoms with E-state index in [0.29, 0.717) is 29.9 Å². The average Bonchev–Trinajstić information content (AvgIpc) is 3.43. The van der Waals surface area contributed by atoms with Gasteiger partial charge in [0, 0.05) is 45.1 Å². The molecule has 0 saturated carbocycles. The Kier molecular flexibility index (Phi) is 4.65. The molecule has 156 valence electrons. The van der Waals surface area contributed by atoms with Gasteiger partial charge >= 0.3 is 6.03 Å². The molecular weight excluding hydrogens is 382 g/mol. The van der Waals surface area contributed by atoms with Crippen LogP contribution >= 0.6 is 0 Å². The minimum atomic E-state index is -0.0720. The van der Waals surface area contributed by atoms with Gasteiger partial charge in [-0.15, -0.1) is 0 Å². The molecule has 0 radical (unpaired) electrons. The van der Waals surface area contributed by atoms with Crippen molar-refractivity contribution in [2.24, 2.45) is 18.9 Å². The zero-order valence-electron chi connectivity index (χ0n) is 17.2. The number of anilines is 2. The first-order valence-corrected chi connectivity index (χ1v) is 10.3. The van der Waals surface area contributed by atoms with Crippen LogP contribution in [0.5, 0.6) is 5.75 Å². The van der Waals surface area contributed by atoms with E-state index >= 15 is 0 Å². The minimum Gasteiger partial charge on any atom is -0.492 e. The molecule has 1 N–H and O–H groups in total. The molecule has 3 aromatic rings. The Labute approximate surface area is 174 Å². The first kappa shape index (κ1) is 18.7. The first-order chi connectivity index (χ1) is 14.6. The number of rotatable bonds is 4. The zero-order chi connectivity index (χ0) is 20.7. The quantitative estimate of drug-likeness (QED) is 0.714. The summed E-state index contributed by atoms with van der Waals surface area (Å²) in [5.41, 5.74) is 2.38. The molecule has 5 rings (SSSR count). The van der Waals surface area contributed by atoms with Gasteiger partial charge in [0.25, 0.3) is 0 Å². The number of hydrogen-bond acceptors (Lipinski definition) is 6. The van der Waals surface area contributed by atoms with Crippen molar-refractivity contribution in [2.75, 3.05) is 43.0 Å². The standard InChI is InChI=1S/C21H25N7O2/c1-3-30-17-7-5-4-6-16(17)25-21(29)28-10-14-8-27(9-15(14)11-28)20-18-19(22-12-23-20)26(2)13-24-18/h4-7,12-15H,3,8-11H2,1-2H3,(H,25,29). The Morgan fingerprint density at radius 1 is 1.13 bits per heavy atom. The van der Waals surface area contributed by atoms with Crippen molar-refractivity contribution in [1.29, 1.82) is 0 Å². The zero-order valence-corrected chi connectivity index (χ0v) is 17.2. The van der Waals surface area contributed by atoms with E-state index in [1.807, 2.05) is 47.7 Å². The molecule has 2 aliphatic rings. The van der Waals surface area contributed by atoms with Crippen molar-refractivity contribution < 1.29 is 9.53 Å². The maximum absolute atomic E-state index is 12.8. The summed E-state index contributed by atoms with van der Waals surface area (Å²) in [6.45, 7) is 5.70. The van der Waals surface area contributed by atoms with E-state index in [1.54, 1.807) is 12.7 Å². The lowest BCUT2D eigenvalue weighted by molar-refractivity contribution is 0.219. The normalized spacial score (nSPS) is 20.6. The topological polar surface area (TPSA) is 88.4 Å². The number of carbonyl (C=O) groups excluding carboxylic acids is 1. The molecule has 4 heterocycles. The number of para-hydroxylation sites is 2. The molecule has 1 aromatic carbocycles. The van der Waals surface area contributed by atoms with Gasteiger partial charge < -0.3 is 24.4 Å². The summed E-state index contributed by atoms with van der Waals surface area (Å²) in [4.78, 5) is 30.3. The third-order valence-corrected chi connectivity index (χ3v) is 5.98. The van der Waals surface area contributed by atoms with Gasteiger partial charge in [-0.25, -0.2) is 19.7 Å². The summed E-state index contributed by atoms with van der Waals surface area (Å²) in [6, 6.07) is 7.47. The Balaban J connectivity index is 1.25. The highest BCUT2D eigenvalue weighted by atomic mass is 16.5. The van der Waals surface area contributed by atoms with E-state index < -0.39 is 0 Å². The Hall–Kier alpha value is -3.36. The number of carbonyl (C=O) groups is 1. The van der Waals surface area contributed by atoms with Crippen molar-refractivity contribution >= 4 is 28.7 Å². The SMILES string of the molecule is CCOc1ccccc1NC(=O)N1CC2CN(c3ncnc4c3ncn4C)CC2C1. The summed E-state index contributed by atoms with van der Waals surface area (Å²) in [5.74, 6) is 2.43. The van der Waals surface area contributed by atoms with E-state index in [9.17, 15) is 4.79 Å². The Morgan fingerprint density at radius 2 is 1.90 bits per heavy atom. The van der Waals surface area contributed by atoms with Crippen molar-refractivity contribution in [3.63, 3.8) is 0 Å². The number of nitrogens with one attached hydrogen (secondary N) is 1. The second-order valence-corrected chi connectivity index (χ2v) is 7.91. The summed E-state index contributed by atoms with van der Waals surface area (Å²) in [7, 11) is 1.94. The molecule has 0 aliphatic carbocycles. The maximum Gasteiger partial charge on any atom is 0.321 e. The average molecular weight is 407 g/mol. The van der Waals surface area contributed by atoms with Gasteiger partial charge in [0.05, 0.1) is 18.6 Å². The lowest BCUT2D eigenvalue weighted by Gasteiger charge is -2.23. The van der Waals surface area contributed by atoms with Crippen molar-refractivity contribution in [3.8, 4) is 5.75 Å². The maximum atomic E-state index is 12.8. The van der Waals surface area contributed by atoms with E-state index in [-0.39, 0.29) is 6.03 Å². The summed E-state index contributed by atoms with van der Waals surface area (Å²) in [5, 5.41) is 3.01. The van der Waals surface area contributed by atoms with Crippen molar-refractivity contribution in [3.05, 3.63) is 36.9 Å². The smallest absolute Gasteiger partial charge is 0.321 e. The van der Waals surface area contributed by atoms with E-state index in [1.165, 1.54) is 0 Å². The lowest BCUT2D eigenvalue weighted by Crippen LogP contribution is -2.36. The number of nitrogens with zero attached hydrogens (tertiary/aromatic N) is 6. The fraction of sp³-hybridized carbons (Fsp3) is 0.429. The number of hydrogen-bond donors (Lipinski definition) is 1. The van der Waals surface area contributed by atoms with Gasteiger partial charge in [0.1, 0.15) is 12.1 Å². The fourth-order valence-electron chi connectivity index (χ4n) is 4.54. The van der Waals surface area contributed by atoms with Gasteiger partial charge in [-0.2, -0.15) is 0 Å². The summed E-state index contributed by atoms with van der Waals surface area (Å²) in [6.07, 6.45) is 3.37. The number of ether oxygens (including phenoxy) is 1. The van der Waals surface area contributed by atoms with Crippen LogP contribution in [0.4, 0.5) is 16.3 Å². The predicted octanol–water partition coefficient (Wildman–Crippen LogP) is 2.36. The van der Waals surface area contributed by atoms with Crippen LogP contribution in [0.3, 0.4) is 0 Å². The molecule has 9 heteroatoms. The fourth-order valence-corrected chi connectivity index (χ4v) is 4.54. The van der Waals surface area contributed by atoms with Crippen LogP contribution in [0.2, 0.25) is 0 Å². The number of aromatic nitrogens is 4. The number of likely N-dealkylation sites (tertiary alicyclic amines) is 1. The van der Waals surface area contributed by atoms with Gasteiger partial charge in [0.2, 0.25) is 0 Å². The van der Waals surface area contributed by atoms with Gasteiger partial charge in [-0.3, -0.25) is 0 Å². The van der Waals surface area contributed by atoms with Crippen molar-refractivity contribution in [2.45, 2.75) is 6.92 Å². The highest BCUT2D eigenvalue weighted by Crippen LogP contribution is 2.35. The highest BCUT2D eigenvalue weighted by Gasteiger charge is 2.42. The van der Waals surface area contributed by atoms with Crippen molar-refractivity contribution in [1.82, 2.24) is 24.4 Å². The molecule has 2 aliphatic heterocycles.